The van der Waals surface area contributed by atoms with Gasteiger partial charge in [-0.2, -0.15) is 0 Å². The van der Waals surface area contributed by atoms with Crippen molar-refractivity contribution in [1.29, 1.82) is 0 Å². The minimum Gasteiger partial charge on any atom is -0.352 e. The first-order chi connectivity index (χ1) is 8.21. The van der Waals surface area contributed by atoms with E-state index in [1.165, 1.54) is 12.8 Å². The van der Waals surface area contributed by atoms with Gasteiger partial charge in [0.2, 0.25) is 5.91 Å². The number of piperidine rings is 1. The normalized spacial score (nSPS) is 25.5. The summed E-state index contributed by atoms with van der Waals surface area (Å²) >= 11 is 0. The van der Waals surface area contributed by atoms with Gasteiger partial charge in [0.25, 0.3) is 0 Å². The van der Waals surface area contributed by atoms with E-state index in [1.807, 2.05) is 0 Å². The summed E-state index contributed by atoms with van der Waals surface area (Å²) in [6.07, 6.45) is 5.22. The van der Waals surface area contributed by atoms with Crippen LogP contribution in [0.25, 0.3) is 0 Å². The molecule has 4 nitrogen and oxygen atoms in total. The van der Waals surface area contributed by atoms with Crippen molar-refractivity contribution in [1.82, 2.24) is 10.2 Å². The van der Waals surface area contributed by atoms with E-state index in [-0.39, 0.29) is 5.91 Å². The lowest BCUT2D eigenvalue weighted by Crippen LogP contribution is -2.50. The summed E-state index contributed by atoms with van der Waals surface area (Å²) in [6.45, 7) is 8.45. The Morgan fingerprint density at radius 3 is 3.00 bits per heavy atom. The number of hydrogen-bond acceptors (Lipinski definition) is 3. The van der Waals surface area contributed by atoms with Crippen molar-refractivity contribution in [3.8, 4) is 0 Å². The summed E-state index contributed by atoms with van der Waals surface area (Å²) in [5.74, 6) is 0.842. The molecule has 1 amide bonds. The second-order valence-corrected chi connectivity index (χ2v) is 4.75. The summed E-state index contributed by atoms with van der Waals surface area (Å²) in [5, 5.41) is 2.81. The van der Waals surface area contributed by atoms with Crippen molar-refractivity contribution in [2.45, 2.75) is 32.2 Å². The van der Waals surface area contributed by atoms with Crippen LogP contribution in [-0.2, 0) is 4.79 Å². The number of carbonyl (C=O) groups is 1. The highest BCUT2D eigenvalue weighted by atomic mass is 16.2. The molecular formula is C13H25N3O. The first-order valence-corrected chi connectivity index (χ1v) is 6.52. The van der Waals surface area contributed by atoms with Crippen LogP contribution >= 0.6 is 0 Å². The highest BCUT2D eigenvalue weighted by Gasteiger charge is 2.27. The van der Waals surface area contributed by atoms with E-state index in [0.717, 1.165) is 18.9 Å². The SMILES string of the molecule is C=CCNC(=O)CN1CCC(CC)CC1CN. The van der Waals surface area contributed by atoms with Gasteiger partial charge in [-0.05, 0) is 25.3 Å². The van der Waals surface area contributed by atoms with Gasteiger partial charge in [-0.25, -0.2) is 0 Å². The second-order valence-electron chi connectivity index (χ2n) is 4.75. The fourth-order valence-electron chi connectivity index (χ4n) is 2.43. The van der Waals surface area contributed by atoms with Gasteiger partial charge in [0.1, 0.15) is 0 Å². The Morgan fingerprint density at radius 2 is 2.41 bits per heavy atom. The smallest absolute Gasteiger partial charge is 0.234 e. The van der Waals surface area contributed by atoms with Gasteiger partial charge in [0.15, 0.2) is 0 Å². The summed E-state index contributed by atoms with van der Waals surface area (Å²) < 4.78 is 0. The second kappa shape index (κ2) is 7.45. The highest BCUT2D eigenvalue weighted by Crippen LogP contribution is 2.24. The molecule has 0 aromatic rings. The van der Waals surface area contributed by atoms with Crippen LogP contribution in [0.15, 0.2) is 12.7 Å². The number of rotatable bonds is 6. The third-order valence-corrected chi connectivity index (χ3v) is 3.59. The van der Waals surface area contributed by atoms with E-state index >= 15 is 0 Å². The van der Waals surface area contributed by atoms with Crippen LogP contribution in [-0.4, -0.2) is 43.0 Å². The lowest BCUT2D eigenvalue weighted by Gasteiger charge is -2.38. The summed E-state index contributed by atoms with van der Waals surface area (Å²) in [5.41, 5.74) is 5.80. The fraction of sp³-hybridized carbons (Fsp3) is 0.769. The van der Waals surface area contributed by atoms with Crippen LogP contribution in [0.1, 0.15) is 26.2 Å². The van der Waals surface area contributed by atoms with E-state index in [9.17, 15) is 4.79 Å². The Hall–Kier alpha value is -0.870. The molecule has 0 saturated carbocycles. The molecule has 2 atom stereocenters. The molecule has 3 N–H and O–H groups in total. The monoisotopic (exact) mass is 239 g/mol. The molecule has 0 spiro atoms. The summed E-state index contributed by atoms with van der Waals surface area (Å²) in [6, 6.07) is 0.364. The van der Waals surface area contributed by atoms with E-state index in [0.29, 0.717) is 25.7 Å². The molecule has 0 aliphatic carbocycles. The predicted octanol–water partition coefficient (Wildman–Crippen LogP) is 0.738. The molecule has 17 heavy (non-hydrogen) atoms. The van der Waals surface area contributed by atoms with E-state index < -0.39 is 0 Å². The zero-order valence-corrected chi connectivity index (χ0v) is 10.8. The van der Waals surface area contributed by atoms with Crippen LogP contribution in [0.2, 0.25) is 0 Å². The van der Waals surface area contributed by atoms with Gasteiger partial charge in [0, 0.05) is 19.1 Å². The number of nitrogens with one attached hydrogen (secondary N) is 1. The van der Waals surface area contributed by atoms with Crippen LogP contribution in [0.5, 0.6) is 0 Å². The molecule has 0 bridgehead atoms. The van der Waals surface area contributed by atoms with Crippen molar-refractivity contribution < 1.29 is 4.79 Å². The average molecular weight is 239 g/mol. The molecule has 0 aromatic carbocycles. The molecule has 1 rings (SSSR count). The maximum Gasteiger partial charge on any atom is 0.234 e. The highest BCUT2D eigenvalue weighted by molar-refractivity contribution is 5.78. The number of carbonyl (C=O) groups excluding carboxylic acids is 1. The average Bonchev–Trinajstić information content (AvgIpc) is 2.36. The lowest BCUT2D eigenvalue weighted by molar-refractivity contribution is -0.123. The Kier molecular flexibility index (Phi) is 6.22. The van der Waals surface area contributed by atoms with Gasteiger partial charge in [0.05, 0.1) is 6.54 Å². The molecule has 1 aliphatic rings. The standard InChI is InChI=1S/C13H25N3O/c1-3-6-15-13(17)10-16-7-5-11(4-2)8-12(16)9-14/h3,11-12H,1,4-10,14H2,2H3,(H,15,17). The molecule has 4 heteroatoms. The molecule has 2 unspecified atom stereocenters. The van der Waals surface area contributed by atoms with Crippen molar-refractivity contribution in [3.05, 3.63) is 12.7 Å². The molecule has 1 aliphatic heterocycles. The summed E-state index contributed by atoms with van der Waals surface area (Å²) in [4.78, 5) is 13.9. The first-order valence-electron chi connectivity index (χ1n) is 6.52. The molecule has 0 aromatic heterocycles. The molecule has 98 valence electrons. The Morgan fingerprint density at radius 1 is 1.65 bits per heavy atom. The predicted molar refractivity (Wildman–Crippen MR) is 70.6 cm³/mol. The molecular weight excluding hydrogens is 214 g/mol. The van der Waals surface area contributed by atoms with E-state index in [1.54, 1.807) is 6.08 Å². The van der Waals surface area contributed by atoms with Gasteiger partial charge >= 0.3 is 0 Å². The number of nitrogens with zero attached hydrogens (tertiary/aromatic N) is 1. The van der Waals surface area contributed by atoms with Crippen LogP contribution in [0.4, 0.5) is 0 Å². The zero-order valence-electron chi connectivity index (χ0n) is 10.8. The minimum absolute atomic E-state index is 0.0679. The third kappa shape index (κ3) is 4.48. The maximum atomic E-state index is 11.6. The number of nitrogens with two attached hydrogens (primary N) is 1. The van der Waals surface area contributed by atoms with Gasteiger partial charge in [-0.1, -0.05) is 19.4 Å². The van der Waals surface area contributed by atoms with Gasteiger partial charge < -0.3 is 11.1 Å². The molecule has 1 fully saturated rings. The van der Waals surface area contributed by atoms with Crippen molar-refractivity contribution in [3.63, 3.8) is 0 Å². The first kappa shape index (κ1) is 14.2. The maximum absolute atomic E-state index is 11.6. The third-order valence-electron chi connectivity index (χ3n) is 3.59. The minimum atomic E-state index is 0.0679. The van der Waals surface area contributed by atoms with E-state index in [2.05, 4.69) is 23.7 Å². The topological polar surface area (TPSA) is 58.4 Å². The van der Waals surface area contributed by atoms with E-state index in [4.69, 9.17) is 5.73 Å². The number of amides is 1. The number of likely N-dealkylation sites (tertiary alicyclic amines) is 1. The van der Waals surface area contributed by atoms with Crippen molar-refractivity contribution in [2.75, 3.05) is 26.2 Å². The van der Waals surface area contributed by atoms with Crippen molar-refractivity contribution >= 4 is 5.91 Å². The quantitative estimate of drug-likeness (QED) is 0.672. The largest absolute Gasteiger partial charge is 0.352 e. The van der Waals surface area contributed by atoms with Crippen LogP contribution in [0, 0.1) is 5.92 Å². The summed E-state index contributed by atoms with van der Waals surface area (Å²) in [7, 11) is 0. The fourth-order valence-corrected chi connectivity index (χ4v) is 2.43. The van der Waals surface area contributed by atoms with Gasteiger partial charge in [-0.15, -0.1) is 6.58 Å². The van der Waals surface area contributed by atoms with Gasteiger partial charge in [-0.3, -0.25) is 9.69 Å². The molecule has 1 saturated heterocycles. The Bertz CT molecular complexity index is 255. The Labute approximate surface area is 104 Å². The zero-order chi connectivity index (χ0) is 12.7. The Balaban J connectivity index is 2.41. The molecule has 0 radical (unpaired) electrons. The van der Waals surface area contributed by atoms with Crippen molar-refractivity contribution in [2.24, 2.45) is 11.7 Å². The number of hydrogen-bond donors (Lipinski definition) is 2. The lowest BCUT2D eigenvalue weighted by atomic mass is 9.89. The molecule has 1 heterocycles. The van der Waals surface area contributed by atoms with Crippen LogP contribution < -0.4 is 11.1 Å². The van der Waals surface area contributed by atoms with Crippen LogP contribution in [0.3, 0.4) is 0 Å².